The molecular formula is C49H46CuN14O8S3. The van der Waals surface area contributed by atoms with Gasteiger partial charge >= 0.3 is 17.1 Å². The summed E-state index contributed by atoms with van der Waals surface area (Å²) < 4.78 is 88.9. The topological polar surface area (TPSA) is 338 Å². The van der Waals surface area contributed by atoms with E-state index in [1.165, 1.54) is 0 Å². The molecule has 75 heavy (non-hydrogen) atoms. The molecule has 0 saturated heterocycles. The molecule has 5 N–H and O–H groups in total. The molecule has 389 valence electrons. The minimum Gasteiger partial charge on any atom is -0.368 e. The number of hydrogen-bond acceptors (Lipinski definition) is 17. The van der Waals surface area contributed by atoms with E-state index in [0.29, 0.717) is 58.0 Å². The summed E-state index contributed by atoms with van der Waals surface area (Å²) in [4.78, 5) is 54.3. The van der Waals surface area contributed by atoms with Crippen molar-refractivity contribution in [2.24, 2.45) is 0 Å². The Hall–Kier alpha value is -7.55. The Labute approximate surface area is 441 Å². The van der Waals surface area contributed by atoms with E-state index in [4.69, 9.17) is 45.6 Å². The molecule has 8 bridgehead atoms. The molecule has 5 aromatic heterocycles. The zero-order valence-corrected chi connectivity index (χ0v) is 43.9. The van der Waals surface area contributed by atoms with Crippen molar-refractivity contribution in [1.82, 2.24) is 64.5 Å². The van der Waals surface area contributed by atoms with Crippen LogP contribution in [-0.4, -0.2) is 97.0 Å². The van der Waals surface area contributed by atoms with Crippen LogP contribution in [0.3, 0.4) is 0 Å². The quantitative estimate of drug-likeness (QED) is 0.0672. The van der Waals surface area contributed by atoms with E-state index in [2.05, 4.69) is 24.7 Å². The number of benzene rings is 4. The van der Waals surface area contributed by atoms with Crippen LogP contribution in [0.5, 0.6) is 0 Å². The van der Waals surface area contributed by atoms with Crippen LogP contribution in [0.2, 0.25) is 0 Å². The van der Waals surface area contributed by atoms with E-state index in [-0.39, 0.29) is 59.6 Å². The van der Waals surface area contributed by atoms with Crippen LogP contribution in [0.4, 0.5) is 5.95 Å². The van der Waals surface area contributed by atoms with Crippen molar-refractivity contribution in [2.45, 2.75) is 56.7 Å². The van der Waals surface area contributed by atoms with Gasteiger partial charge in [-0.15, -0.1) is 0 Å². The molecule has 2 aliphatic heterocycles. The fraction of sp³-hybridized carbons (Fsp3) is 0.184. The van der Waals surface area contributed by atoms with Crippen LogP contribution in [0, 0.1) is 0 Å². The van der Waals surface area contributed by atoms with Crippen LogP contribution in [-0.2, 0) is 60.2 Å². The van der Waals surface area contributed by atoms with Crippen LogP contribution < -0.4 is 20.4 Å². The molecule has 0 atom stereocenters. The molecule has 2 aliphatic rings. The maximum atomic E-state index is 11.6. The first kappa shape index (κ1) is 55.2. The Morgan fingerprint density at radius 1 is 0.547 bits per heavy atom. The van der Waals surface area contributed by atoms with Crippen molar-refractivity contribution < 1.29 is 51.4 Å². The number of hydrogen-bond donors (Lipinski definition) is 4. The van der Waals surface area contributed by atoms with Crippen LogP contribution in [0.15, 0.2) is 119 Å². The molecule has 0 unspecified atom stereocenters. The third-order valence-electron chi connectivity index (χ3n) is 10.8. The number of fused-ring (bicyclic) bond motifs is 20. The van der Waals surface area contributed by atoms with E-state index in [1.807, 2.05) is 113 Å². The largest absolute Gasteiger partial charge is 2.00 e. The fourth-order valence-corrected chi connectivity index (χ4v) is 9.54. The van der Waals surface area contributed by atoms with Gasteiger partial charge in [0.2, 0.25) is 16.0 Å². The second-order valence-corrected chi connectivity index (χ2v) is 20.4. The van der Waals surface area contributed by atoms with Crippen molar-refractivity contribution in [1.29, 1.82) is 0 Å². The number of pyridine rings is 1. The summed E-state index contributed by atoms with van der Waals surface area (Å²) in [6.45, 7) is 8.13. The maximum absolute atomic E-state index is 11.6. The van der Waals surface area contributed by atoms with Gasteiger partial charge < -0.3 is 35.6 Å². The number of nitrogens with one attached hydrogen (secondary N) is 1. The van der Waals surface area contributed by atoms with E-state index in [9.17, 15) is 34.4 Å². The predicted octanol–water partition coefficient (Wildman–Crippen LogP) is 6.59. The molecule has 0 amide bonds. The van der Waals surface area contributed by atoms with E-state index in [1.54, 1.807) is 6.20 Å². The first-order valence-electron chi connectivity index (χ1n) is 22.9. The zero-order valence-electron chi connectivity index (χ0n) is 40.5. The number of aryl methyl sites for hydroxylation is 1. The Morgan fingerprint density at radius 3 is 1.52 bits per heavy atom. The molecule has 4 aromatic carbocycles. The third kappa shape index (κ3) is 12.4. The molecule has 0 saturated carbocycles. The summed E-state index contributed by atoms with van der Waals surface area (Å²) in [7, 11) is -12.7. The van der Waals surface area contributed by atoms with E-state index >= 15 is 0 Å². The molecular weight excluding hydrogens is 1070 g/mol. The summed E-state index contributed by atoms with van der Waals surface area (Å²) in [5.74, 6) is 2.00. The minimum absolute atomic E-state index is 0. The summed E-state index contributed by atoms with van der Waals surface area (Å²) in [6, 6.07) is 30.1. The molecule has 9 aromatic rings. The summed E-state index contributed by atoms with van der Waals surface area (Å²) in [5.41, 5.74) is 10.7. The zero-order chi connectivity index (χ0) is 53.0. The number of sulfonamides is 1. The van der Waals surface area contributed by atoms with E-state index in [0.717, 1.165) is 62.7 Å². The second kappa shape index (κ2) is 22.9. The maximum Gasteiger partial charge on any atom is 2.00 e. The number of anilines is 1. The standard InChI is InChI=1S/C31H15N9.C14H19N5O8S3.2C2H6.Cu/c1-2-9-17-16(8-1)24-33-25(17)35-27-20-12-5-6-13-21(20)29(37-27)39-31-23-22(14-7-15-32-23)30(40-31)38-28-19-11-4-3-10-18(19)26(34-24)36-28;1-28(20,21)16-6-2-3-12-17-13(19-14(15)18-12)8-9-7-10(29(22,23)24)4-5-11(9)30(25,26)27;2*1-2;/h1-15H;4-5,7,16H,2-3,6,8H2,1H3,(H,22,23,24)(H,25,26,27)(H2,15,17,18,19);2*1-2H3;/q-2;;;;+2. The average Bonchev–Trinajstić information content (AvgIpc) is 4.12. The predicted molar refractivity (Wildman–Crippen MR) is 279 cm³/mol. The molecule has 0 fully saturated rings. The number of rotatable bonds is 9. The van der Waals surface area contributed by atoms with Gasteiger partial charge in [-0.1, -0.05) is 100 Å². The second-order valence-electron chi connectivity index (χ2n) is 15.7. The van der Waals surface area contributed by atoms with Crippen molar-refractivity contribution in [2.75, 3.05) is 18.5 Å². The number of nitrogen functional groups attached to an aromatic ring is 1. The molecule has 22 nitrogen and oxygen atoms in total. The average molecular weight is 1120 g/mol. The Bertz CT molecular complexity index is 3820. The fourth-order valence-electron chi connectivity index (χ4n) is 7.79. The van der Waals surface area contributed by atoms with Crippen LogP contribution >= 0.6 is 0 Å². The molecule has 0 aliphatic carbocycles. The van der Waals surface area contributed by atoms with Gasteiger partial charge in [-0.3, -0.25) is 14.1 Å². The molecule has 11 rings (SSSR count). The van der Waals surface area contributed by atoms with Gasteiger partial charge in [0.05, 0.1) is 33.5 Å². The molecule has 7 heterocycles. The van der Waals surface area contributed by atoms with Gasteiger partial charge in [0.15, 0.2) is 0 Å². The third-order valence-corrected chi connectivity index (χ3v) is 13.4. The van der Waals surface area contributed by atoms with Crippen molar-refractivity contribution >= 4 is 80.3 Å². The van der Waals surface area contributed by atoms with Crippen molar-refractivity contribution in [3.8, 4) is 45.7 Å². The minimum atomic E-state index is -4.71. The van der Waals surface area contributed by atoms with Gasteiger partial charge in [-0.05, 0) is 63.9 Å². The first-order chi connectivity index (χ1) is 35.4. The smallest absolute Gasteiger partial charge is 0.368 e. The molecule has 1 radical (unpaired) electrons. The summed E-state index contributed by atoms with van der Waals surface area (Å²) in [5, 5.41) is 3.49. The number of aromatic nitrogens is 12. The van der Waals surface area contributed by atoms with Gasteiger partial charge in [-0.25, -0.2) is 28.1 Å². The first-order valence-corrected chi connectivity index (χ1v) is 27.7. The van der Waals surface area contributed by atoms with Gasteiger partial charge in [0.1, 0.15) is 23.2 Å². The van der Waals surface area contributed by atoms with E-state index < -0.39 is 40.1 Å². The Balaban J connectivity index is 0.000000211. The Kier molecular flexibility index (Phi) is 16.9. The van der Waals surface area contributed by atoms with Gasteiger partial charge in [-0.2, -0.15) is 26.8 Å². The Morgan fingerprint density at radius 2 is 1.01 bits per heavy atom. The monoisotopic (exact) mass is 1120 g/mol. The summed E-state index contributed by atoms with van der Waals surface area (Å²) >= 11 is 0. The number of nitrogens with zero attached hydrogens (tertiary/aromatic N) is 12. The SMILES string of the molecule is CC.CC.CS(=O)(=O)NCCCc1nc(N)nc(Cc2cc(S(=O)(=O)O)ccc2S(=O)(=O)O)n1.[Cu+2].c1ccc2c(c1)-c1nc-2nc2[n-]c(nc3nc(nc4[n-]c(n1)c1ccccc41)-c1cccnc1-3)c1ccccc21. The summed E-state index contributed by atoms with van der Waals surface area (Å²) in [6.07, 6.45) is 2.95. The van der Waals surface area contributed by atoms with Crippen molar-refractivity contribution in [3.05, 3.63) is 127 Å². The normalized spacial score (nSPS) is 11.7. The molecule has 26 heteroatoms. The van der Waals surface area contributed by atoms with Gasteiger partial charge in [0.25, 0.3) is 20.2 Å². The van der Waals surface area contributed by atoms with Crippen LogP contribution in [0.1, 0.15) is 51.3 Å². The van der Waals surface area contributed by atoms with Gasteiger partial charge in [0, 0.05) is 64.9 Å². The molecule has 0 spiro atoms. The van der Waals surface area contributed by atoms with Crippen molar-refractivity contribution in [3.63, 3.8) is 0 Å². The van der Waals surface area contributed by atoms with Crippen LogP contribution in [0.25, 0.3) is 89.8 Å². The number of nitrogens with two attached hydrogens (primary N) is 1.